The van der Waals surface area contributed by atoms with E-state index in [1.54, 1.807) is 24.3 Å². The predicted molar refractivity (Wildman–Crippen MR) is 123 cm³/mol. The first kappa shape index (κ1) is 21.9. The zero-order valence-corrected chi connectivity index (χ0v) is 18.1. The summed E-state index contributed by atoms with van der Waals surface area (Å²) in [5.74, 6) is -0.722. The van der Waals surface area contributed by atoms with Crippen LogP contribution in [-0.4, -0.2) is 36.4 Å². The number of para-hydroxylation sites is 1. The van der Waals surface area contributed by atoms with Crippen molar-refractivity contribution in [3.8, 4) is 11.5 Å². The third-order valence-corrected chi connectivity index (χ3v) is 5.80. The Bertz CT molecular complexity index is 1340. The first-order chi connectivity index (χ1) is 16.5. The van der Waals surface area contributed by atoms with Gasteiger partial charge in [-0.2, -0.15) is 8.78 Å². The summed E-state index contributed by atoms with van der Waals surface area (Å²) in [6.07, 6.45) is -2.83. The average Bonchev–Trinajstić information content (AvgIpc) is 3.38. The molecule has 0 aliphatic carbocycles. The van der Waals surface area contributed by atoms with E-state index in [0.717, 1.165) is 24.3 Å². The van der Waals surface area contributed by atoms with Crippen LogP contribution < -0.4 is 26.0 Å². The second-order valence-electron chi connectivity index (χ2n) is 7.96. The van der Waals surface area contributed by atoms with Gasteiger partial charge in [-0.3, -0.25) is 9.59 Å². The average molecular weight is 465 g/mol. The van der Waals surface area contributed by atoms with Crippen molar-refractivity contribution in [3.05, 3.63) is 86.5 Å². The molecule has 0 saturated carbocycles. The number of halogens is 2. The molecule has 5 rings (SSSR count). The molecule has 2 heterocycles. The second kappa shape index (κ2) is 9.14. The summed E-state index contributed by atoms with van der Waals surface area (Å²) in [6, 6.07) is 16.4. The van der Waals surface area contributed by atoms with E-state index in [4.69, 9.17) is 4.42 Å². The van der Waals surface area contributed by atoms with Gasteiger partial charge in [0.15, 0.2) is 0 Å². The van der Waals surface area contributed by atoms with E-state index >= 15 is 0 Å². The number of hydrogen-bond donors (Lipinski definition) is 1. The van der Waals surface area contributed by atoms with Gasteiger partial charge in [0.05, 0.1) is 0 Å². The molecule has 0 amide bonds. The lowest BCUT2D eigenvalue weighted by Gasteiger charge is -2.35. The Morgan fingerprint density at radius 3 is 2.32 bits per heavy atom. The van der Waals surface area contributed by atoms with Crippen molar-refractivity contribution in [1.82, 2.24) is 15.5 Å². The molecule has 34 heavy (non-hydrogen) atoms. The number of rotatable bonds is 7. The second-order valence-corrected chi connectivity index (χ2v) is 7.96. The van der Waals surface area contributed by atoms with Crippen molar-refractivity contribution in [2.24, 2.45) is 0 Å². The Kier molecular flexibility index (Phi) is 5.89. The van der Waals surface area contributed by atoms with Crippen LogP contribution in [0.2, 0.25) is 0 Å². The van der Waals surface area contributed by atoms with E-state index in [2.05, 4.69) is 15.5 Å². The van der Waals surface area contributed by atoms with Crippen LogP contribution in [0.5, 0.6) is 0 Å². The summed E-state index contributed by atoms with van der Waals surface area (Å²) in [4.78, 5) is 29.1. The maximum Gasteiger partial charge on any atom is 0.314 e. The summed E-state index contributed by atoms with van der Waals surface area (Å²) in [6.45, 7) is 3.13. The lowest BCUT2D eigenvalue weighted by molar-refractivity contribution is 0.116. The summed E-state index contributed by atoms with van der Waals surface area (Å²) < 4.78 is 30.5. The van der Waals surface area contributed by atoms with Gasteiger partial charge in [0.25, 0.3) is 16.7 Å². The Balaban J connectivity index is 1.46. The van der Waals surface area contributed by atoms with E-state index < -0.39 is 23.2 Å². The van der Waals surface area contributed by atoms with Gasteiger partial charge < -0.3 is 19.5 Å². The van der Waals surface area contributed by atoms with Crippen LogP contribution in [0.3, 0.4) is 0 Å². The highest BCUT2D eigenvalue weighted by Crippen LogP contribution is 2.33. The minimum atomic E-state index is -2.83. The number of piperazine rings is 1. The fourth-order valence-electron chi connectivity index (χ4n) is 4.08. The molecule has 0 bridgehead atoms. The number of hydrogen-bond acceptors (Lipinski definition) is 8. The Labute approximate surface area is 193 Å². The first-order valence-electron chi connectivity index (χ1n) is 10.9. The standard InChI is InChI=1S/C24H21F2N5O3/c25-22(26)24-29-28-23(34-24)16-8-6-15(7-9-16)14-31(17-4-2-1-3-5-17)19-18(20(32)21(19)33)30-12-10-27-11-13-30/h1-9,22,27H,10-14H2. The van der Waals surface area contributed by atoms with E-state index in [1.807, 2.05) is 40.1 Å². The van der Waals surface area contributed by atoms with Crippen LogP contribution in [-0.2, 0) is 6.54 Å². The molecular weight excluding hydrogens is 444 g/mol. The number of nitrogens with one attached hydrogen (secondary N) is 1. The maximum atomic E-state index is 12.7. The highest BCUT2D eigenvalue weighted by molar-refractivity contribution is 5.81. The predicted octanol–water partition coefficient (Wildman–Crippen LogP) is 3.02. The van der Waals surface area contributed by atoms with Crippen LogP contribution in [0, 0.1) is 0 Å². The van der Waals surface area contributed by atoms with E-state index in [9.17, 15) is 18.4 Å². The topological polar surface area (TPSA) is 91.6 Å². The molecule has 1 N–H and O–H groups in total. The smallest absolute Gasteiger partial charge is 0.314 e. The van der Waals surface area contributed by atoms with Crippen molar-refractivity contribution in [2.45, 2.75) is 13.0 Å². The Morgan fingerprint density at radius 1 is 0.971 bits per heavy atom. The van der Waals surface area contributed by atoms with Gasteiger partial charge in [-0.1, -0.05) is 30.3 Å². The van der Waals surface area contributed by atoms with E-state index in [1.165, 1.54) is 0 Å². The number of alkyl halides is 2. The van der Waals surface area contributed by atoms with Gasteiger partial charge in [-0.05, 0) is 29.8 Å². The van der Waals surface area contributed by atoms with Gasteiger partial charge in [-0.25, -0.2) is 0 Å². The molecule has 1 aromatic heterocycles. The monoisotopic (exact) mass is 465 g/mol. The summed E-state index contributed by atoms with van der Waals surface area (Å²) in [5.41, 5.74) is 2.02. The van der Waals surface area contributed by atoms with Gasteiger partial charge in [0, 0.05) is 44.0 Å². The minimum absolute atomic E-state index is 0.00485. The van der Waals surface area contributed by atoms with Gasteiger partial charge in [0.1, 0.15) is 11.4 Å². The van der Waals surface area contributed by atoms with Crippen molar-refractivity contribution >= 4 is 17.1 Å². The highest BCUT2D eigenvalue weighted by atomic mass is 19.3. The molecule has 0 spiro atoms. The molecule has 3 aromatic carbocycles. The molecule has 1 aliphatic heterocycles. The highest BCUT2D eigenvalue weighted by Gasteiger charge is 2.31. The van der Waals surface area contributed by atoms with Crippen LogP contribution >= 0.6 is 0 Å². The zero-order valence-electron chi connectivity index (χ0n) is 18.1. The lowest BCUT2D eigenvalue weighted by atomic mass is 10.1. The van der Waals surface area contributed by atoms with Crippen LogP contribution in [0.25, 0.3) is 11.5 Å². The van der Waals surface area contributed by atoms with Gasteiger partial charge >= 0.3 is 6.43 Å². The largest absolute Gasteiger partial charge is 0.415 e. The molecule has 8 nitrogen and oxygen atoms in total. The van der Waals surface area contributed by atoms with Crippen molar-refractivity contribution in [1.29, 1.82) is 0 Å². The normalized spacial score (nSPS) is 14.1. The molecule has 1 fully saturated rings. The third-order valence-electron chi connectivity index (χ3n) is 5.80. The lowest BCUT2D eigenvalue weighted by Crippen LogP contribution is -2.51. The van der Waals surface area contributed by atoms with Crippen molar-refractivity contribution in [3.63, 3.8) is 0 Å². The van der Waals surface area contributed by atoms with Crippen LogP contribution in [0.15, 0.2) is 68.6 Å². The Hall–Kier alpha value is -3.92. The molecule has 0 radical (unpaired) electrons. The summed E-state index contributed by atoms with van der Waals surface area (Å²) >= 11 is 0. The quantitative estimate of drug-likeness (QED) is 0.417. The molecular formula is C24H21F2N5O3. The molecule has 1 saturated heterocycles. The number of aromatic nitrogens is 2. The van der Waals surface area contributed by atoms with E-state index in [0.29, 0.717) is 36.6 Å². The fraction of sp³-hybridized carbons (Fsp3) is 0.250. The summed E-state index contributed by atoms with van der Waals surface area (Å²) in [5, 5.41) is 10.3. The van der Waals surface area contributed by atoms with Crippen LogP contribution in [0.4, 0.5) is 25.8 Å². The molecule has 4 aromatic rings. The van der Waals surface area contributed by atoms with Gasteiger partial charge in [-0.15, -0.1) is 10.2 Å². The van der Waals surface area contributed by atoms with E-state index in [-0.39, 0.29) is 5.89 Å². The van der Waals surface area contributed by atoms with Crippen LogP contribution in [0.1, 0.15) is 17.9 Å². The number of benzene rings is 2. The fourth-order valence-corrected chi connectivity index (χ4v) is 4.08. The zero-order chi connectivity index (χ0) is 23.7. The summed E-state index contributed by atoms with van der Waals surface area (Å²) in [7, 11) is 0. The molecule has 0 unspecified atom stereocenters. The third kappa shape index (κ3) is 4.08. The number of anilines is 3. The minimum Gasteiger partial charge on any atom is -0.415 e. The Morgan fingerprint density at radius 2 is 1.68 bits per heavy atom. The molecule has 0 atom stereocenters. The van der Waals surface area contributed by atoms with Crippen molar-refractivity contribution in [2.75, 3.05) is 36.0 Å². The van der Waals surface area contributed by atoms with Crippen molar-refractivity contribution < 1.29 is 13.2 Å². The van der Waals surface area contributed by atoms with Gasteiger partial charge in [0.2, 0.25) is 5.89 Å². The first-order valence-corrected chi connectivity index (χ1v) is 10.9. The molecule has 10 heteroatoms. The SMILES string of the molecule is O=c1c(N2CCNCC2)c(N(Cc2ccc(-c3nnc(C(F)F)o3)cc2)c2ccccc2)c1=O. The number of nitrogens with zero attached hydrogens (tertiary/aromatic N) is 4. The molecule has 1 aliphatic rings. The molecule has 174 valence electrons. The maximum absolute atomic E-state index is 12.7.